The van der Waals surface area contributed by atoms with Crippen LogP contribution in [-0.4, -0.2) is 15.9 Å². The Labute approximate surface area is 143 Å². The Morgan fingerprint density at radius 1 is 1.08 bits per heavy atom. The first-order valence-corrected chi connectivity index (χ1v) is 7.58. The smallest absolute Gasteiger partial charge is 0.275 e. The second kappa shape index (κ2) is 7.39. The van der Waals surface area contributed by atoms with Crippen molar-refractivity contribution in [3.8, 4) is 0 Å². The number of nitrogens with one attached hydrogen (secondary N) is 2. The maximum Gasteiger partial charge on any atom is 0.275 e. The molecule has 4 N–H and O–H groups in total. The summed E-state index contributed by atoms with van der Waals surface area (Å²) in [5.74, 6) is -0.383. The molecule has 25 heavy (non-hydrogen) atoms. The third kappa shape index (κ3) is 4.29. The predicted octanol–water partition coefficient (Wildman–Crippen LogP) is 3.06. The largest absolute Gasteiger partial charge is 0.397 e. The van der Waals surface area contributed by atoms with Crippen LogP contribution in [0.15, 0.2) is 60.9 Å². The van der Waals surface area contributed by atoms with Crippen LogP contribution >= 0.6 is 0 Å². The lowest BCUT2D eigenvalue weighted by atomic mass is 10.2. The van der Waals surface area contributed by atoms with Gasteiger partial charge in [-0.2, -0.15) is 0 Å². The molecule has 0 spiro atoms. The summed E-state index contributed by atoms with van der Waals surface area (Å²) in [7, 11) is 0. The molecule has 2 aromatic carbocycles. The number of hydrogen-bond donors (Lipinski definition) is 3. The van der Waals surface area contributed by atoms with E-state index in [9.17, 15) is 9.18 Å². The molecule has 1 amide bonds. The number of hydrogen-bond acceptors (Lipinski definition) is 5. The van der Waals surface area contributed by atoms with Gasteiger partial charge in [0, 0.05) is 6.54 Å². The highest BCUT2D eigenvalue weighted by Crippen LogP contribution is 2.19. The van der Waals surface area contributed by atoms with Gasteiger partial charge in [-0.15, -0.1) is 0 Å². The fourth-order valence-corrected chi connectivity index (χ4v) is 2.16. The minimum absolute atomic E-state index is 0.133. The summed E-state index contributed by atoms with van der Waals surface area (Å²) in [5, 5.41) is 5.70. The Hall–Kier alpha value is -3.48. The maximum absolute atomic E-state index is 13.0. The van der Waals surface area contributed by atoms with Gasteiger partial charge >= 0.3 is 0 Å². The summed E-state index contributed by atoms with van der Waals surface area (Å²) >= 11 is 0. The van der Waals surface area contributed by atoms with Crippen molar-refractivity contribution in [3.63, 3.8) is 0 Å². The normalized spacial score (nSPS) is 10.3. The molecule has 0 radical (unpaired) electrons. The maximum atomic E-state index is 13.0. The highest BCUT2D eigenvalue weighted by molar-refractivity contribution is 6.04. The average Bonchev–Trinajstić information content (AvgIpc) is 2.63. The summed E-state index contributed by atoms with van der Waals surface area (Å²) in [4.78, 5) is 20.4. The lowest BCUT2D eigenvalue weighted by molar-refractivity contribution is 0.102. The predicted molar refractivity (Wildman–Crippen MR) is 94.6 cm³/mol. The van der Waals surface area contributed by atoms with Crippen molar-refractivity contribution in [3.05, 3.63) is 78.0 Å². The number of nitrogens with zero attached hydrogens (tertiary/aromatic N) is 2. The first kappa shape index (κ1) is 16.4. The van der Waals surface area contributed by atoms with Crippen molar-refractivity contribution in [2.75, 3.05) is 16.4 Å². The van der Waals surface area contributed by atoms with Gasteiger partial charge in [-0.1, -0.05) is 30.3 Å². The van der Waals surface area contributed by atoms with Gasteiger partial charge in [-0.25, -0.2) is 14.4 Å². The quantitative estimate of drug-likeness (QED) is 0.622. The molecule has 1 heterocycles. The van der Waals surface area contributed by atoms with E-state index >= 15 is 0 Å². The molecule has 0 atom stereocenters. The van der Waals surface area contributed by atoms with Crippen LogP contribution in [0.25, 0.3) is 0 Å². The van der Waals surface area contributed by atoms with Crippen molar-refractivity contribution in [1.82, 2.24) is 9.97 Å². The molecule has 1 aromatic heterocycles. The Morgan fingerprint density at radius 2 is 1.88 bits per heavy atom. The Kier molecular flexibility index (Phi) is 4.84. The third-order valence-electron chi connectivity index (χ3n) is 3.46. The number of anilines is 3. The van der Waals surface area contributed by atoms with E-state index in [4.69, 9.17) is 5.73 Å². The number of halogens is 1. The van der Waals surface area contributed by atoms with Crippen molar-refractivity contribution >= 4 is 23.1 Å². The van der Waals surface area contributed by atoms with Gasteiger partial charge in [0.15, 0.2) is 0 Å². The zero-order chi connectivity index (χ0) is 17.6. The van der Waals surface area contributed by atoms with Gasteiger partial charge in [0.05, 0.1) is 23.8 Å². The van der Waals surface area contributed by atoms with Crippen LogP contribution in [0.1, 0.15) is 16.1 Å². The van der Waals surface area contributed by atoms with Gasteiger partial charge in [0.1, 0.15) is 17.3 Å². The molecule has 7 heteroatoms. The number of rotatable bonds is 5. The number of carbonyl (C=O) groups is 1. The molecule has 126 valence electrons. The van der Waals surface area contributed by atoms with E-state index in [0.717, 1.165) is 11.6 Å². The minimum atomic E-state index is -0.472. The first-order valence-electron chi connectivity index (χ1n) is 7.58. The molecule has 0 fully saturated rings. The Bertz CT molecular complexity index is 868. The standard InChI is InChI=1S/C18H16FN5O/c19-13-6-7-15(14(20)8-13)24-18(25)16-10-23-17(11-21-16)22-9-12-4-2-1-3-5-12/h1-8,10-11H,9,20H2,(H,22,23)(H,24,25). The second-order valence-electron chi connectivity index (χ2n) is 5.31. The van der Waals surface area contributed by atoms with E-state index in [1.165, 1.54) is 24.5 Å². The van der Waals surface area contributed by atoms with Crippen molar-refractivity contribution in [2.45, 2.75) is 6.54 Å². The Balaban J connectivity index is 1.62. The fraction of sp³-hybridized carbons (Fsp3) is 0.0556. The molecular weight excluding hydrogens is 321 g/mol. The lowest BCUT2D eigenvalue weighted by Gasteiger charge is -2.08. The summed E-state index contributed by atoms with van der Waals surface area (Å²) in [6, 6.07) is 13.6. The van der Waals surface area contributed by atoms with Crippen LogP contribution in [-0.2, 0) is 6.54 Å². The zero-order valence-electron chi connectivity index (χ0n) is 13.2. The average molecular weight is 337 g/mol. The molecule has 0 saturated heterocycles. The number of benzene rings is 2. The molecule has 0 aliphatic rings. The van der Waals surface area contributed by atoms with Crippen molar-refractivity contribution in [1.29, 1.82) is 0 Å². The number of aromatic nitrogens is 2. The SMILES string of the molecule is Nc1cc(F)ccc1NC(=O)c1cnc(NCc2ccccc2)cn1. The van der Waals surface area contributed by atoms with E-state index < -0.39 is 11.7 Å². The molecule has 0 bridgehead atoms. The molecular formula is C18H16FN5O. The molecule has 3 aromatic rings. The van der Waals surface area contributed by atoms with E-state index in [-0.39, 0.29) is 11.4 Å². The molecule has 3 rings (SSSR count). The summed E-state index contributed by atoms with van der Waals surface area (Å²) in [5.41, 5.74) is 7.37. The highest BCUT2D eigenvalue weighted by Gasteiger charge is 2.10. The summed E-state index contributed by atoms with van der Waals surface area (Å²) in [6.45, 7) is 0.604. The highest BCUT2D eigenvalue weighted by atomic mass is 19.1. The second-order valence-corrected chi connectivity index (χ2v) is 5.31. The van der Waals surface area contributed by atoms with E-state index in [0.29, 0.717) is 18.1 Å². The van der Waals surface area contributed by atoms with Crippen LogP contribution in [0.5, 0.6) is 0 Å². The van der Waals surface area contributed by atoms with Gasteiger partial charge in [0.2, 0.25) is 0 Å². The van der Waals surface area contributed by atoms with Gasteiger partial charge in [-0.05, 0) is 23.8 Å². The van der Waals surface area contributed by atoms with Crippen molar-refractivity contribution in [2.24, 2.45) is 0 Å². The fourth-order valence-electron chi connectivity index (χ4n) is 2.16. The topological polar surface area (TPSA) is 92.9 Å². The summed E-state index contributed by atoms with van der Waals surface area (Å²) < 4.78 is 13.0. The zero-order valence-corrected chi connectivity index (χ0v) is 13.2. The number of nitrogens with two attached hydrogens (primary N) is 1. The number of amides is 1. The molecule has 0 unspecified atom stereocenters. The van der Waals surface area contributed by atoms with Crippen LogP contribution in [0.4, 0.5) is 21.6 Å². The molecule has 0 aliphatic carbocycles. The van der Waals surface area contributed by atoms with E-state index in [1.807, 2.05) is 30.3 Å². The van der Waals surface area contributed by atoms with Gasteiger partial charge in [0.25, 0.3) is 5.91 Å². The lowest BCUT2D eigenvalue weighted by Crippen LogP contribution is -2.15. The van der Waals surface area contributed by atoms with Crippen molar-refractivity contribution < 1.29 is 9.18 Å². The molecule has 0 saturated carbocycles. The van der Waals surface area contributed by atoms with Crippen LogP contribution in [0.2, 0.25) is 0 Å². The molecule has 0 aliphatic heterocycles. The van der Waals surface area contributed by atoms with E-state index in [1.54, 1.807) is 0 Å². The third-order valence-corrected chi connectivity index (χ3v) is 3.46. The number of carbonyl (C=O) groups excluding carboxylic acids is 1. The van der Waals surface area contributed by atoms with Crippen LogP contribution in [0.3, 0.4) is 0 Å². The summed E-state index contributed by atoms with van der Waals surface area (Å²) in [6.07, 6.45) is 2.84. The van der Waals surface area contributed by atoms with Gasteiger partial charge in [-0.3, -0.25) is 4.79 Å². The first-order chi connectivity index (χ1) is 12.1. The molecule has 6 nitrogen and oxygen atoms in total. The van der Waals surface area contributed by atoms with Crippen LogP contribution < -0.4 is 16.4 Å². The number of nitrogen functional groups attached to an aromatic ring is 1. The minimum Gasteiger partial charge on any atom is -0.397 e. The van der Waals surface area contributed by atoms with Gasteiger partial charge < -0.3 is 16.4 Å². The Morgan fingerprint density at radius 3 is 2.56 bits per heavy atom. The van der Waals surface area contributed by atoms with E-state index in [2.05, 4.69) is 20.6 Å². The van der Waals surface area contributed by atoms with Crippen LogP contribution in [0, 0.1) is 5.82 Å². The monoisotopic (exact) mass is 337 g/mol.